The highest BCUT2D eigenvalue weighted by Crippen LogP contribution is 2.14. The Morgan fingerprint density at radius 1 is 1.50 bits per heavy atom. The molecule has 0 amide bonds. The van der Waals surface area contributed by atoms with Crippen LogP contribution in [0.4, 0.5) is 0 Å². The van der Waals surface area contributed by atoms with E-state index in [-0.39, 0.29) is 0 Å². The zero-order valence-corrected chi connectivity index (χ0v) is 8.19. The third kappa shape index (κ3) is 3.47. The standard InChI is InChI=1S/C6H13NS.C2H6/c1-7-3-2-6(4-7)5-8;1-2/h6,8H,2-5H2,1H3;1-2H3. The fourth-order valence-electron chi connectivity index (χ4n) is 1.18. The molecule has 2 heteroatoms. The summed E-state index contributed by atoms with van der Waals surface area (Å²) in [6, 6.07) is 0. The van der Waals surface area contributed by atoms with Crippen molar-refractivity contribution >= 4 is 12.6 Å². The first kappa shape index (κ1) is 10.3. The Bertz CT molecular complexity index is 75.7. The summed E-state index contributed by atoms with van der Waals surface area (Å²) in [6.45, 7) is 6.52. The van der Waals surface area contributed by atoms with Crippen LogP contribution < -0.4 is 0 Å². The quantitative estimate of drug-likeness (QED) is 0.575. The molecule has 1 aliphatic rings. The van der Waals surface area contributed by atoms with Gasteiger partial charge in [-0.2, -0.15) is 12.6 Å². The lowest BCUT2D eigenvalue weighted by Crippen LogP contribution is -2.14. The lowest BCUT2D eigenvalue weighted by molar-refractivity contribution is 0.403. The molecule has 1 unspecified atom stereocenters. The molecule has 1 nitrogen and oxygen atoms in total. The van der Waals surface area contributed by atoms with E-state index in [1.807, 2.05) is 13.8 Å². The molecule has 0 spiro atoms. The van der Waals surface area contributed by atoms with Crippen LogP contribution in [0.15, 0.2) is 0 Å². The summed E-state index contributed by atoms with van der Waals surface area (Å²) in [4.78, 5) is 2.36. The Labute approximate surface area is 70.2 Å². The Morgan fingerprint density at radius 3 is 2.30 bits per heavy atom. The molecular weight excluding hydrogens is 142 g/mol. The largest absolute Gasteiger partial charge is 0.306 e. The molecule has 1 heterocycles. The zero-order chi connectivity index (χ0) is 7.98. The highest BCUT2D eigenvalue weighted by Gasteiger charge is 2.16. The number of rotatable bonds is 1. The first-order chi connectivity index (χ1) is 4.83. The van der Waals surface area contributed by atoms with E-state index in [2.05, 4.69) is 24.6 Å². The minimum Gasteiger partial charge on any atom is -0.306 e. The Kier molecular flexibility index (Phi) is 6.24. The maximum Gasteiger partial charge on any atom is 0.00149 e. The van der Waals surface area contributed by atoms with E-state index in [0.29, 0.717) is 0 Å². The Hall–Kier alpha value is 0.310. The van der Waals surface area contributed by atoms with Gasteiger partial charge in [-0.05, 0) is 31.7 Å². The molecule has 10 heavy (non-hydrogen) atoms. The van der Waals surface area contributed by atoms with Crippen LogP contribution in [0.2, 0.25) is 0 Å². The second kappa shape index (κ2) is 6.05. The molecule has 1 fully saturated rings. The lowest BCUT2D eigenvalue weighted by Gasteiger charge is -2.05. The maximum absolute atomic E-state index is 4.23. The number of hydrogen-bond acceptors (Lipinski definition) is 2. The van der Waals surface area contributed by atoms with Gasteiger partial charge in [0, 0.05) is 6.54 Å². The van der Waals surface area contributed by atoms with Crippen LogP contribution in [-0.4, -0.2) is 30.8 Å². The van der Waals surface area contributed by atoms with E-state index >= 15 is 0 Å². The van der Waals surface area contributed by atoms with Gasteiger partial charge in [0.1, 0.15) is 0 Å². The monoisotopic (exact) mass is 161 g/mol. The molecule has 1 saturated heterocycles. The van der Waals surface area contributed by atoms with E-state index in [1.165, 1.54) is 19.5 Å². The molecule has 0 aromatic carbocycles. The van der Waals surface area contributed by atoms with Crippen LogP contribution in [0.5, 0.6) is 0 Å². The summed E-state index contributed by atoms with van der Waals surface area (Å²) in [5.41, 5.74) is 0. The van der Waals surface area contributed by atoms with Crippen molar-refractivity contribution in [2.45, 2.75) is 20.3 Å². The molecule has 1 rings (SSSR count). The number of hydrogen-bond donors (Lipinski definition) is 1. The molecule has 0 aromatic rings. The number of nitrogens with zero attached hydrogens (tertiary/aromatic N) is 1. The summed E-state index contributed by atoms with van der Waals surface area (Å²) in [5.74, 6) is 1.92. The van der Waals surface area contributed by atoms with Crippen molar-refractivity contribution in [1.29, 1.82) is 0 Å². The van der Waals surface area contributed by atoms with E-state index in [1.54, 1.807) is 0 Å². The molecule has 0 aliphatic carbocycles. The van der Waals surface area contributed by atoms with Gasteiger partial charge in [-0.25, -0.2) is 0 Å². The molecule has 0 saturated carbocycles. The van der Waals surface area contributed by atoms with Crippen LogP contribution in [0.25, 0.3) is 0 Å². The van der Waals surface area contributed by atoms with Crippen LogP contribution >= 0.6 is 12.6 Å². The van der Waals surface area contributed by atoms with Gasteiger partial charge in [0.05, 0.1) is 0 Å². The first-order valence-corrected chi connectivity index (χ1v) is 4.75. The molecule has 62 valence electrons. The van der Waals surface area contributed by atoms with Crippen molar-refractivity contribution in [3.8, 4) is 0 Å². The van der Waals surface area contributed by atoms with Gasteiger partial charge in [-0.1, -0.05) is 13.8 Å². The van der Waals surface area contributed by atoms with Gasteiger partial charge < -0.3 is 4.90 Å². The normalized spacial score (nSPS) is 25.8. The van der Waals surface area contributed by atoms with Crippen LogP contribution in [0.1, 0.15) is 20.3 Å². The molecule has 1 atom stereocenters. The van der Waals surface area contributed by atoms with Crippen LogP contribution in [0.3, 0.4) is 0 Å². The van der Waals surface area contributed by atoms with Crippen molar-refractivity contribution < 1.29 is 0 Å². The van der Waals surface area contributed by atoms with Crippen molar-refractivity contribution in [1.82, 2.24) is 4.90 Å². The Balaban J connectivity index is 0.000000371. The minimum absolute atomic E-state index is 0.864. The van der Waals surface area contributed by atoms with E-state index in [0.717, 1.165) is 11.7 Å². The third-order valence-corrected chi connectivity index (χ3v) is 2.26. The summed E-state index contributed by atoms with van der Waals surface area (Å²) >= 11 is 4.23. The summed E-state index contributed by atoms with van der Waals surface area (Å²) in [7, 11) is 2.17. The molecule has 1 aliphatic heterocycles. The topological polar surface area (TPSA) is 3.24 Å². The van der Waals surface area contributed by atoms with Gasteiger partial charge in [0.15, 0.2) is 0 Å². The second-order valence-electron chi connectivity index (χ2n) is 2.60. The summed E-state index contributed by atoms with van der Waals surface area (Å²) in [6.07, 6.45) is 1.35. The fraction of sp³-hybridized carbons (Fsp3) is 1.00. The van der Waals surface area contributed by atoms with Gasteiger partial charge in [0.25, 0.3) is 0 Å². The van der Waals surface area contributed by atoms with Crippen molar-refractivity contribution in [2.75, 3.05) is 25.9 Å². The summed E-state index contributed by atoms with van der Waals surface area (Å²) in [5, 5.41) is 0. The second-order valence-corrected chi connectivity index (χ2v) is 2.96. The maximum atomic E-state index is 4.23. The van der Waals surface area contributed by atoms with Gasteiger partial charge >= 0.3 is 0 Å². The van der Waals surface area contributed by atoms with E-state index in [4.69, 9.17) is 0 Å². The first-order valence-electron chi connectivity index (χ1n) is 4.12. The fourth-order valence-corrected chi connectivity index (χ4v) is 1.47. The van der Waals surface area contributed by atoms with Crippen molar-refractivity contribution in [3.05, 3.63) is 0 Å². The number of thiol groups is 1. The number of likely N-dealkylation sites (tertiary alicyclic amines) is 1. The van der Waals surface area contributed by atoms with Crippen molar-refractivity contribution in [3.63, 3.8) is 0 Å². The minimum atomic E-state index is 0.864. The molecule has 0 radical (unpaired) electrons. The predicted molar refractivity (Wildman–Crippen MR) is 50.8 cm³/mol. The third-order valence-electron chi connectivity index (χ3n) is 1.75. The highest BCUT2D eigenvalue weighted by atomic mass is 32.1. The molecule has 0 N–H and O–H groups in total. The SMILES string of the molecule is CC.CN1CCC(CS)C1. The average molecular weight is 161 g/mol. The lowest BCUT2D eigenvalue weighted by atomic mass is 10.2. The molecule has 0 bridgehead atoms. The predicted octanol–water partition coefficient (Wildman–Crippen LogP) is 1.89. The zero-order valence-electron chi connectivity index (χ0n) is 7.30. The summed E-state index contributed by atoms with van der Waals surface area (Å²) < 4.78 is 0. The average Bonchev–Trinajstić information content (AvgIpc) is 2.40. The Morgan fingerprint density at radius 2 is 2.10 bits per heavy atom. The molecule has 0 aromatic heterocycles. The van der Waals surface area contributed by atoms with Gasteiger partial charge in [-0.3, -0.25) is 0 Å². The van der Waals surface area contributed by atoms with Gasteiger partial charge in [-0.15, -0.1) is 0 Å². The van der Waals surface area contributed by atoms with Crippen molar-refractivity contribution in [2.24, 2.45) is 5.92 Å². The van der Waals surface area contributed by atoms with Gasteiger partial charge in [0.2, 0.25) is 0 Å². The highest BCUT2D eigenvalue weighted by molar-refractivity contribution is 7.80. The molecular formula is C8H19NS. The van der Waals surface area contributed by atoms with Crippen LogP contribution in [-0.2, 0) is 0 Å². The smallest absolute Gasteiger partial charge is 0.00149 e. The van der Waals surface area contributed by atoms with Crippen LogP contribution in [0, 0.1) is 5.92 Å². The van der Waals surface area contributed by atoms with E-state index in [9.17, 15) is 0 Å². The van der Waals surface area contributed by atoms with E-state index < -0.39 is 0 Å².